The van der Waals surface area contributed by atoms with E-state index in [1.165, 1.54) is 48.5 Å². The van der Waals surface area contributed by atoms with Crippen molar-refractivity contribution in [3.63, 3.8) is 0 Å². The number of hydrogen-bond acceptors (Lipinski definition) is 4. The summed E-state index contributed by atoms with van der Waals surface area (Å²) in [5.41, 5.74) is 6.41. The van der Waals surface area contributed by atoms with Gasteiger partial charge in [-0.15, -0.1) is 37.9 Å². The fourth-order valence-electron chi connectivity index (χ4n) is 5.55. The molecule has 6 nitrogen and oxygen atoms in total. The third kappa shape index (κ3) is 11.3. The monoisotopic (exact) mass is 808 g/mol. The van der Waals surface area contributed by atoms with E-state index in [2.05, 4.69) is 24.4 Å². The van der Waals surface area contributed by atoms with Crippen molar-refractivity contribution in [3.8, 4) is 45.3 Å². The number of hydrogen-bond donors (Lipinski definition) is 1. The van der Waals surface area contributed by atoms with Gasteiger partial charge in [-0.05, 0) is 83.9 Å². The Labute approximate surface area is 325 Å². The first-order valence-electron chi connectivity index (χ1n) is 16.9. The zero-order chi connectivity index (χ0) is 40.6. The van der Waals surface area contributed by atoms with Crippen molar-refractivity contribution in [3.05, 3.63) is 169 Å². The maximum atomic E-state index is 14.0. The van der Waals surface area contributed by atoms with E-state index >= 15 is 0 Å². The van der Waals surface area contributed by atoms with Gasteiger partial charge in [0.2, 0.25) is 0 Å². The van der Waals surface area contributed by atoms with E-state index < -0.39 is 12.7 Å². The Hall–Kier alpha value is -6.41. The Bertz CT molecular complexity index is 2470. The molecule has 4 aromatic carbocycles. The van der Waals surface area contributed by atoms with Gasteiger partial charge in [-0.2, -0.15) is 0 Å². The van der Waals surface area contributed by atoms with Gasteiger partial charge in [0.1, 0.15) is 23.1 Å². The lowest BCUT2D eigenvalue weighted by Crippen LogP contribution is -2.17. The standard InChI is InChI=1S/C21H14F4N2O.C13H9FN2.C8H6ClF3O/c22-18-4-2-1-3-17(18)19-11-15-9-10-27(13-20(15)26-19)12-14-5-7-16(8-6-14)28-21(23,24)25;14-11-4-2-1-3-10(11)12-7-9-5-6-15-8-13(9)16-12;9-5-6-1-3-7(4-2-6)13-8(10,11)12/h1-11,13H,12H2;1-8,16H;1-4H,5H2. The second-order valence-electron chi connectivity index (χ2n) is 12.2. The molecule has 0 radical (unpaired) electrons. The van der Waals surface area contributed by atoms with Gasteiger partial charge in [0.25, 0.3) is 0 Å². The van der Waals surface area contributed by atoms with Gasteiger partial charge >= 0.3 is 12.7 Å². The minimum atomic E-state index is -4.71. The van der Waals surface area contributed by atoms with Gasteiger partial charge in [-0.3, -0.25) is 4.98 Å². The first-order valence-corrected chi connectivity index (χ1v) is 17.4. The van der Waals surface area contributed by atoms with Gasteiger partial charge in [-0.25, -0.2) is 13.8 Å². The van der Waals surface area contributed by atoms with Crippen molar-refractivity contribution in [2.45, 2.75) is 25.1 Å². The number of halogens is 9. The molecule has 0 saturated heterocycles. The molecule has 2 aromatic heterocycles. The average Bonchev–Trinajstić information content (AvgIpc) is 3.80. The lowest BCUT2D eigenvalue weighted by molar-refractivity contribution is -0.275. The van der Waals surface area contributed by atoms with E-state index in [4.69, 9.17) is 11.6 Å². The summed E-state index contributed by atoms with van der Waals surface area (Å²) >= 11 is 5.45. The maximum absolute atomic E-state index is 14.0. The summed E-state index contributed by atoms with van der Waals surface area (Å²) in [5, 5.41) is 1.04. The van der Waals surface area contributed by atoms with E-state index in [9.17, 15) is 35.1 Å². The van der Waals surface area contributed by atoms with Crippen LogP contribution in [0, 0.1) is 11.6 Å². The van der Waals surface area contributed by atoms with Crippen LogP contribution in [-0.2, 0) is 12.4 Å². The molecule has 8 rings (SSSR count). The van der Waals surface area contributed by atoms with Crippen LogP contribution in [0.5, 0.6) is 11.5 Å². The van der Waals surface area contributed by atoms with Crippen molar-refractivity contribution in [2.75, 3.05) is 0 Å². The molecule has 2 aliphatic heterocycles. The number of fused-ring (bicyclic) bond motifs is 2. The Morgan fingerprint density at radius 3 is 1.79 bits per heavy atom. The predicted octanol–water partition coefficient (Wildman–Crippen LogP) is 12.4. The average molecular weight is 809 g/mol. The smallest absolute Gasteiger partial charge is 0.406 e. The zero-order valence-electron chi connectivity index (χ0n) is 29.3. The second-order valence-corrected chi connectivity index (χ2v) is 12.5. The highest BCUT2D eigenvalue weighted by atomic mass is 35.5. The summed E-state index contributed by atoms with van der Waals surface area (Å²) in [7, 11) is 0. The number of aromatic nitrogens is 4. The van der Waals surface area contributed by atoms with Crippen LogP contribution >= 0.6 is 11.6 Å². The Balaban J connectivity index is 0.000000160. The number of benzene rings is 4. The lowest BCUT2D eigenvalue weighted by Gasteiger charge is -2.11. The van der Waals surface area contributed by atoms with E-state index in [1.807, 2.05) is 47.3 Å². The fraction of sp³-hybridized carbons (Fsp3) is 0.0952. The van der Waals surface area contributed by atoms with Crippen LogP contribution in [0.2, 0.25) is 0 Å². The molecular weight excluding hydrogens is 780 g/mol. The molecule has 292 valence electrons. The summed E-state index contributed by atoms with van der Waals surface area (Å²) in [6.07, 6.45) is -2.22. The van der Waals surface area contributed by atoms with Gasteiger partial charge < -0.3 is 19.0 Å². The second kappa shape index (κ2) is 17.6. The molecule has 0 aliphatic carbocycles. The number of pyridine rings is 2. The molecule has 2 aliphatic rings. The first-order chi connectivity index (χ1) is 27.2. The highest BCUT2D eigenvalue weighted by Crippen LogP contribution is 2.31. The molecule has 0 unspecified atom stereocenters. The Morgan fingerprint density at radius 1 is 0.649 bits per heavy atom. The first kappa shape index (κ1) is 40.3. The van der Waals surface area contributed by atoms with Crippen molar-refractivity contribution in [1.29, 1.82) is 0 Å². The van der Waals surface area contributed by atoms with Crippen LogP contribution in [0.1, 0.15) is 11.1 Å². The van der Waals surface area contributed by atoms with Crippen molar-refractivity contribution in [2.24, 2.45) is 0 Å². The number of ether oxygens (including phenoxy) is 2. The SMILES string of the molecule is FC(F)(F)Oc1ccc(CCl)cc1.Fc1ccccc1-c1cc2ccn(Cc3ccc(OC(F)(F)F)cc3)cc-2n1.Fc1ccccc1-c1cc2ccncc2[nH]1. The van der Waals surface area contributed by atoms with Gasteiger partial charge in [0.15, 0.2) is 0 Å². The molecule has 0 atom stereocenters. The maximum Gasteiger partial charge on any atom is 0.573 e. The molecule has 57 heavy (non-hydrogen) atoms. The molecule has 1 N–H and O–H groups in total. The van der Waals surface area contributed by atoms with Crippen LogP contribution in [0.4, 0.5) is 35.1 Å². The highest BCUT2D eigenvalue weighted by molar-refractivity contribution is 6.17. The molecule has 4 heterocycles. The third-order valence-corrected chi connectivity index (χ3v) is 8.44. The third-order valence-electron chi connectivity index (χ3n) is 8.13. The van der Waals surface area contributed by atoms with Gasteiger partial charge in [0.05, 0.1) is 23.1 Å². The van der Waals surface area contributed by atoms with Crippen LogP contribution < -0.4 is 9.47 Å². The molecule has 0 bridgehead atoms. The molecule has 6 aromatic rings. The number of nitrogens with zero attached hydrogens (tertiary/aromatic N) is 3. The lowest BCUT2D eigenvalue weighted by atomic mass is 10.1. The number of H-pyrrole nitrogens is 1. The largest absolute Gasteiger partial charge is 0.573 e. The van der Waals surface area contributed by atoms with Crippen molar-refractivity contribution in [1.82, 2.24) is 19.5 Å². The molecule has 15 heteroatoms. The Morgan fingerprint density at radius 2 is 1.23 bits per heavy atom. The summed E-state index contributed by atoms with van der Waals surface area (Å²) in [5.74, 6) is -0.779. The summed E-state index contributed by atoms with van der Waals surface area (Å²) < 4.78 is 109. The summed E-state index contributed by atoms with van der Waals surface area (Å²) in [4.78, 5) is 11.7. The van der Waals surface area contributed by atoms with E-state index in [0.717, 1.165) is 33.3 Å². The fourth-order valence-corrected chi connectivity index (χ4v) is 5.73. The van der Waals surface area contributed by atoms with E-state index in [-0.39, 0.29) is 29.0 Å². The Kier molecular flexibility index (Phi) is 12.4. The molecule has 0 fully saturated rings. The normalized spacial score (nSPS) is 11.4. The number of nitrogens with one attached hydrogen (secondary N) is 1. The molecule has 0 amide bonds. The molecule has 0 saturated carbocycles. The van der Waals surface area contributed by atoms with Crippen molar-refractivity contribution < 1.29 is 44.6 Å². The van der Waals surface area contributed by atoms with Gasteiger partial charge in [0, 0.05) is 58.8 Å². The van der Waals surface area contributed by atoms with E-state index in [1.54, 1.807) is 54.9 Å². The number of alkyl halides is 7. The van der Waals surface area contributed by atoms with Crippen LogP contribution in [0.25, 0.3) is 44.7 Å². The van der Waals surface area contributed by atoms with Crippen LogP contribution in [-0.4, -0.2) is 32.2 Å². The van der Waals surface area contributed by atoms with Crippen molar-refractivity contribution >= 4 is 22.5 Å². The quantitative estimate of drug-likeness (QED) is 0.129. The minimum absolute atomic E-state index is 0.220. The van der Waals surface area contributed by atoms with E-state index in [0.29, 0.717) is 29.1 Å². The van der Waals surface area contributed by atoms with Gasteiger partial charge in [-0.1, -0.05) is 48.5 Å². The number of aromatic amines is 1. The summed E-state index contributed by atoms with van der Waals surface area (Å²) in [6.45, 7) is 0.449. The number of rotatable bonds is 7. The minimum Gasteiger partial charge on any atom is -0.406 e. The highest BCUT2D eigenvalue weighted by Gasteiger charge is 2.31. The summed E-state index contributed by atoms with van der Waals surface area (Å²) in [6, 6.07) is 31.8. The van der Waals surface area contributed by atoms with Crippen LogP contribution in [0.15, 0.2) is 146 Å². The zero-order valence-corrected chi connectivity index (χ0v) is 30.1. The predicted molar refractivity (Wildman–Crippen MR) is 201 cm³/mol. The molecular formula is C42H29ClF8N4O2. The topological polar surface area (TPSA) is 65.0 Å². The van der Waals surface area contributed by atoms with Crippen LogP contribution in [0.3, 0.4) is 0 Å². The molecule has 0 spiro atoms.